The highest BCUT2D eigenvalue weighted by atomic mass is 15.1. The highest BCUT2D eigenvalue weighted by molar-refractivity contribution is 5.33. The van der Waals surface area contributed by atoms with E-state index in [-0.39, 0.29) is 0 Å². The zero-order valence-corrected chi connectivity index (χ0v) is 10.3. The van der Waals surface area contributed by atoms with Gasteiger partial charge < -0.3 is 9.88 Å². The molecule has 2 aromatic rings. The van der Waals surface area contributed by atoms with E-state index in [1.165, 1.54) is 0 Å². The van der Waals surface area contributed by atoms with Crippen LogP contribution in [0.1, 0.15) is 25.4 Å². The summed E-state index contributed by atoms with van der Waals surface area (Å²) in [5.74, 6) is 1.07. The van der Waals surface area contributed by atoms with E-state index < -0.39 is 0 Å². The molecule has 2 aromatic heterocycles. The molecule has 0 bridgehead atoms. The van der Waals surface area contributed by atoms with Crippen LogP contribution in [0.5, 0.6) is 0 Å². The van der Waals surface area contributed by atoms with Crippen molar-refractivity contribution in [3.05, 3.63) is 42.2 Å². The first-order chi connectivity index (χ1) is 8.35. The van der Waals surface area contributed by atoms with E-state index in [9.17, 15) is 0 Å². The zero-order chi connectivity index (χ0) is 12.1. The van der Waals surface area contributed by atoms with Gasteiger partial charge in [-0.2, -0.15) is 0 Å². The van der Waals surface area contributed by atoms with Crippen LogP contribution < -0.4 is 5.32 Å². The van der Waals surface area contributed by atoms with Crippen molar-refractivity contribution in [2.24, 2.45) is 0 Å². The smallest absolute Gasteiger partial charge is 0.112 e. The minimum Gasteiger partial charge on any atom is -0.311 e. The van der Waals surface area contributed by atoms with Crippen molar-refractivity contribution in [3.63, 3.8) is 0 Å². The first-order valence-corrected chi connectivity index (χ1v) is 6.03. The molecule has 0 aliphatic carbocycles. The van der Waals surface area contributed by atoms with E-state index in [2.05, 4.69) is 39.8 Å². The second kappa shape index (κ2) is 5.59. The molecule has 0 aromatic carbocycles. The highest BCUT2D eigenvalue weighted by Crippen LogP contribution is 2.11. The number of nitrogens with zero attached hydrogens (tertiary/aromatic N) is 3. The third-order valence-electron chi connectivity index (χ3n) is 2.67. The van der Waals surface area contributed by atoms with Crippen LogP contribution in [0.4, 0.5) is 0 Å². The molecule has 0 radical (unpaired) electrons. The van der Waals surface area contributed by atoms with Crippen LogP contribution in [-0.4, -0.2) is 21.1 Å². The Balaban J connectivity index is 2.26. The summed E-state index contributed by atoms with van der Waals surface area (Å²) in [7, 11) is 0. The van der Waals surface area contributed by atoms with Gasteiger partial charge in [-0.1, -0.05) is 13.8 Å². The standard InChI is InChI=1S/C13H18N4/c1-3-13-16-7-8-17(13)12-5-6-15-11(9-12)10-14-4-2/h5-9,14H,3-4,10H2,1-2H3. The van der Waals surface area contributed by atoms with Gasteiger partial charge in [-0.25, -0.2) is 4.98 Å². The fourth-order valence-electron chi connectivity index (χ4n) is 1.80. The fourth-order valence-corrected chi connectivity index (χ4v) is 1.80. The van der Waals surface area contributed by atoms with Gasteiger partial charge in [0.05, 0.1) is 11.4 Å². The van der Waals surface area contributed by atoms with Crippen molar-refractivity contribution in [2.75, 3.05) is 6.54 Å². The summed E-state index contributed by atoms with van der Waals surface area (Å²) in [4.78, 5) is 8.68. The van der Waals surface area contributed by atoms with Gasteiger partial charge in [0.2, 0.25) is 0 Å². The molecular formula is C13H18N4. The number of nitrogens with one attached hydrogen (secondary N) is 1. The number of aromatic nitrogens is 3. The van der Waals surface area contributed by atoms with Gasteiger partial charge in [0, 0.05) is 31.6 Å². The summed E-state index contributed by atoms with van der Waals surface area (Å²) in [5, 5.41) is 3.28. The number of hydrogen-bond acceptors (Lipinski definition) is 3. The topological polar surface area (TPSA) is 42.7 Å². The predicted molar refractivity (Wildman–Crippen MR) is 68.1 cm³/mol. The molecule has 2 heterocycles. The van der Waals surface area contributed by atoms with Gasteiger partial charge in [-0.15, -0.1) is 0 Å². The molecule has 0 aliphatic heterocycles. The summed E-state index contributed by atoms with van der Waals surface area (Å²) in [6.07, 6.45) is 6.60. The fraction of sp³-hybridized carbons (Fsp3) is 0.385. The van der Waals surface area contributed by atoms with E-state index in [4.69, 9.17) is 0 Å². The highest BCUT2D eigenvalue weighted by Gasteiger charge is 2.03. The Labute approximate surface area is 102 Å². The zero-order valence-electron chi connectivity index (χ0n) is 10.3. The second-order valence-electron chi connectivity index (χ2n) is 3.85. The summed E-state index contributed by atoms with van der Waals surface area (Å²) < 4.78 is 2.11. The number of aryl methyl sites for hydroxylation is 1. The lowest BCUT2D eigenvalue weighted by molar-refractivity contribution is 0.709. The summed E-state index contributed by atoms with van der Waals surface area (Å²) >= 11 is 0. The van der Waals surface area contributed by atoms with Crippen molar-refractivity contribution < 1.29 is 0 Å². The maximum absolute atomic E-state index is 4.35. The van der Waals surface area contributed by atoms with E-state index in [1.807, 2.05) is 24.7 Å². The average molecular weight is 230 g/mol. The second-order valence-corrected chi connectivity index (χ2v) is 3.85. The summed E-state index contributed by atoms with van der Waals surface area (Å²) in [5.41, 5.74) is 2.18. The Kier molecular flexibility index (Phi) is 3.88. The van der Waals surface area contributed by atoms with Crippen LogP contribution in [-0.2, 0) is 13.0 Å². The van der Waals surface area contributed by atoms with Crippen molar-refractivity contribution in [1.29, 1.82) is 0 Å². The minimum absolute atomic E-state index is 0.806. The first kappa shape index (κ1) is 11.8. The molecule has 1 N–H and O–H groups in total. The van der Waals surface area contributed by atoms with E-state index >= 15 is 0 Å². The van der Waals surface area contributed by atoms with E-state index in [1.54, 1.807) is 0 Å². The largest absolute Gasteiger partial charge is 0.311 e. The molecule has 17 heavy (non-hydrogen) atoms. The Hall–Kier alpha value is -1.68. The molecule has 0 saturated heterocycles. The number of pyridine rings is 1. The molecule has 0 atom stereocenters. The van der Waals surface area contributed by atoms with Crippen LogP contribution >= 0.6 is 0 Å². The van der Waals surface area contributed by atoms with E-state index in [0.717, 1.165) is 36.7 Å². The summed E-state index contributed by atoms with van der Waals surface area (Å²) in [6.45, 7) is 5.96. The Morgan fingerprint density at radius 2 is 2.12 bits per heavy atom. The number of imidazole rings is 1. The van der Waals surface area contributed by atoms with Gasteiger partial charge in [-0.05, 0) is 18.7 Å². The molecular weight excluding hydrogens is 212 g/mol. The molecule has 4 heteroatoms. The Bertz CT molecular complexity index is 476. The van der Waals surface area contributed by atoms with Gasteiger partial charge in [0.1, 0.15) is 5.82 Å². The van der Waals surface area contributed by atoms with Crippen LogP contribution in [0.2, 0.25) is 0 Å². The quantitative estimate of drug-likeness (QED) is 0.853. The van der Waals surface area contributed by atoms with Crippen molar-refractivity contribution in [1.82, 2.24) is 19.9 Å². The molecule has 2 rings (SSSR count). The van der Waals surface area contributed by atoms with Gasteiger partial charge in [0.15, 0.2) is 0 Å². The lowest BCUT2D eigenvalue weighted by atomic mass is 10.3. The van der Waals surface area contributed by atoms with Gasteiger partial charge in [0.25, 0.3) is 0 Å². The lowest BCUT2D eigenvalue weighted by Gasteiger charge is -2.08. The molecule has 90 valence electrons. The van der Waals surface area contributed by atoms with Crippen LogP contribution in [0.15, 0.2) is 30.7 Å². The monoisotopic (exact) mass is 230 g/mol. The van der Waals surface area contributed by atoms with Crippen LogP contribution in [0.3, 0.4) is 0 Å². The first-order valence-electron chi connectivity index (χ1n) is 6.03. The van der Waals surface area contributed by atoms with Crippen LogP contribution in [0.25, 0.3) is 5.69 Å². The molecule has 0 aliphatic rings. The average Bonchev–Trinajstić information content (AvgIpc) is 2.85. The maximum atomic E-state index is 4.35. The van der Waals surface area contributed by atoms with Gasteiger partial charge in [-0.3, -0.25) is 4.98 Å². The van der Waals surface area contributed by atoms with Gasteiger partial charge >= 0.3 is 0 Å². The predicted octanol–water partition coefficient (Wildman–Crippen LogP) is 1.94. The Morgan fingerprint density at radius 1 is 1.24 bits per heavy atom. The number of hydrogen-bond donors (Lipinski definition) is 1. The SMILES string of the molecule is CCNCc1cc(-n2ccnc2CC)ccn1. The molecule has 4 nitrogen and oxygen atoms in total. The van der Waals surface area contributed by atoms with Crippen LogP contribution in [0, 0.1) is 0 Å². The van der Waals surface area contributed by atoms with Crippen molar-refractivity contribution in [2.45, 2.75) is 26.8 Å². The van der Waals surface area contributed by atoms with E-state index in [0.29, 0.717) is 0 Å². The third-order valence-corrected chi connectivity index (χ3v) is 2.67. The normalized spacial score (nSPS) is 10.7. The molecule has 0 amide bonds. The van der Waals surface area contributed by atoms with Crippen molar-refractivity contribution in [3.8, 4) is 5.69 Å². The lowest BCUT2D eigenvalue weighted by Crippen LogP contribution is -2.13. The number of rotatable bonds is 5. The van der Waals surface area contributed by atoms with Crippen molar-refractivity contribution >= 4 is 0 Å². The maximum Gasteiger partial charge on any atom is 0.112 e. The Morgan fingerprint density at radius 3 is 2.88 bits per heavy atom. The molecule has 0 spiro atoms. The molecule has 0 unspecified atom stereocenters. The summed E-state index contributed by atoms with van der Waals surface area (Å²) in [6, 6.07) is 4.11. The third kappa shape index (κ3) is 2.71. The minimum atomic E-state index is 0.806. The molecule has 0 fully saturated rings. The molecule has 0 saturated carbocycles.